The lowest BCUT2D eigenvalue weighted by Gasteiger charge is -2.28. The molecular weight excluding hydrogens is 462 g/mol. The van der Waals surface area contributed by atoms with E-state index in [1.165, 1.54) is 27.8 Å². The SMILES string of the molecule is COCCn1nc(C(=O)NCc2cccnc2)c2c1CCN(Cc1ccc3c(c1)Cc1ccccc1-3)C2. The van der Waals surface area contributed by atoms with E-state index in [1.807, 2.05) is 16.8 Å². The van der Waals surface area contributed by atoms with E-state index >= 15 is 0 Å². The van der Waals surface area contributed by atoms with Crippen molar-refractivity contribution in [3.8, 4) is 11.1 Å². The molecule has 1 amide bonds. The van der Waals surface area contributed by atoms with Crippen molar-refractivity contribution < 1.29 is 9.53 Å². The van der Waals surface area contributed by atoms with E-state index in [0.29, 0.717) is 31.9 Å². The smallest absolute Gasteiger partial charge is 0.272 e. The summed E-state index contributed by atoms with van der Waals surface area (Å²) in [5.74, 6) is -0.145. The summed E-state index contributed by atoms with van der Waals surface area (Å²) in [6.45, 7) is 4.11. The van der Waals surface area contributed by atoms with Crippen LogP contribution in [0.4, 0.5) is 0 Å². The molecule has 0 fully saturated rings. The molecule has 188 valence electrons. The fourth-order valence-electron chi connectivity index (χ4n) is 5.55. The van der Waals surface area contributed by atoms with Gasteiger partial charge in [0.15, 0.2) is 5.69 Å². The van der Waals surface area contributed by atoms with E-state index in [4.69, 9.17) is 9.84 Å². The van der Waals surface area contributed by atoms with E-state index < -0.39 is 0 Å². The molecule has 0 unspecified atom stereocenters. The predicted octanol–water partition coefficient (Wildman–Crippen LogP) is 3.98. The second-order valence-corrected chi connectivity index (χ2v) is 9.82. The van der Waals surface area contributed by atoms with Crippen molar-refractivity contribution in [3.63, 3.8) is 0 Å². The zero-order chi connectivity index (χ0) is 25.2. The Bertz CT molecular complexity index is 1430. The molecule has 37 heavy (non-hydrogen) atoms. The summed E-state index contributed by atoms with van der Waals surface area (Å²) in [6, 6.07) is 19.4. The summed E-state index contributed by atoms with van der Waals surface area (Å²) in [6.07, 6.45) is 5.35. The molecule has 0 radical (unpaired) electrons. The Morgan fingerprint density at radius 3 is 2.81 bits per heavy atom. The maximum atomic E-state index is 13.2. The van der Waals surface area contributed by atoms with Crippen LogP contribution in [-0.2, 0) is 43.8 Å². The number of carbonyl (C=O) groups excluding carboxylic acids is 1. The monoisotopic (exact) mass is 493 g/mol. The summed E-state index contributed by atoms with van der Waals surface area (Å²) in [7, 11) is 1.69. The Kier molecular flexibility index (Phi) is 6.55. The molecule has 2 aromatic heterocycles. The molecule has 1 aliphatic carbocycles. The highest BCUT2D eigenvalue weighted by atomic mass is 16.5. The standard InChI is InChI=1S/C30H31N5O2/c1-37-14-13-35-28-10-12-34(19-21-8-9-26-24(15-21)16-23-6-2-3-7-25(23)26)20-27(28)29(33-35)30(36)32-18-22-5-4-11-31-17-22/h2-9,11,15,17H,10,12-14,16,18-20H2,1H3,(H,32,36). The van der Waals surface area contributed by atoms with Gasteiger partial charge in [-0.3, -0.25) is 19.4 Å². The zero-order valence-electron chi connectivity index (χ0n) is 21.1. The Morgan fingerprint density at radius 2 is 1.95 bits per heavy atom. The highest BCUT2D eigenvalue weighted by molar-refractivity contribution is 5.94. The van der Waals surface area contributed by atoms with Crippen LogP contribution in [0.1, 0.15) is 44.0 Å². The highest BCUT2D eigenvalue weighted by Gasteiger charge is 2.28. The van der Waals surface area contributed by atoms with Gasteiger partial charge in [0.2, 0.25) is 0 Å². The number of hydrogen-bond donors (Lipinski definition) is 1. The lowest BCUT2D eigenvalue weighted by atomic mass is 10.0. The van der Waals surface area contributed by atoms with Crippen molar-refractivity contribution in [2.45, 2.75) is 39.0 Å². The molecule has 0 saturated carbocycles. The third-order valence-corrected chi connectivity index (χ3v) is 7.38. The number of nitrogens with zero attached hydrogens (tertiary/aromatic N) is 4. The van der Waals surface area contributed by atoms with Gasteiger partial charge in [-0.25, -0.2) is 0 Å². The second-order valence-electron chi connectivity index (χ2n) is 9.82. The number of pyridine rings is 1. The first kappa shape index (κ1) is 23.6. The minimum atomic E-state index is -0.145. The van der Waals surface area contributed by atoms with Gasteiger partial charge in [-0.15, -0.1) is 0 Å². The van der Waals surface area contributed by atoms with Crippen molar-refractivity contribution in [2.75, 3.05) is 20.3 Å². The molecule has 4 aromatic rings. The third kappa shape index (κ3) is 4.80. The lowest BCUT2D eigenvalue weighted by molar-refractivity contribution is 0.0942. The zero-order valence-corrected chi connectivity index (χ0v) is 21.1. The molecule has 1 N–H and O–H groups in total. The average molecular weight is 494 g/mol. The fourth-order valence-corrected chi connectivity index (χ4v) is 5.55. The van der Waals surface area contributed by atoms with Gasteiger partial charge in [-0.05, 0) is 45.9 Å². The number of rotatable bonds is 8. The maximum Gasteiger partial charge on any atom is 0.272 e. The first-order valence-electron chi connectivity index (χ1n) is 12.9. The number of benzene rings is 2. The fraction of sp³-hybridized carbons (Fsp3) is 0.300. The van der Waals surface area contributed by atoms with Crippen LogP contribution >= 0.6 is 0 Å². The molecule has 0 bridgehead atoms. The number of aromatic nitrogens is 3. The van der Waals surface area contributed by atoms with Gasteiger partial charge >= 0.3 is 0 Å². The number of amides is 1. The average Bonchev–Trinajstić information content (AvgIpc) is 3.48. The van der Waals surface area contributed by atoms with Crippen molar-refractivity contribution in [2.24, 2.45) is 0 Å². The lowest BCUT2D eigenvalue weighted by Crippen LogP contribution is -2.32. The summed E-state index contributed by atoms with van der Waals surface area (Å²) >= 11 is 0. The molecule has 0 spiro atoms. The summed E-state index contributed by atoms with van der Waals surface area (Å²) in [5.41, 5.74) is 10.5. The van der Waals surface area contributed by atoms with E-state index in [2.05, 4.69) is 57.7 Å². The van der Waals surface area contributed by atoms with E-state index in [-0.39, 0.29) is 5.91 Å². The van der Waals surface area contributed by atoms with Crippen LogP contribution in [0, 0.1) is 0 Å². The quantitative estimate of drug-likeness (QED) is 0.354. The Balaban J connectivity index is 1.20. The van der Waals surface area contributed by atoms with Gasteiger partial charge in [0.1, 0.15) is 0 Å². The van der Waals surface area contributed by atoms with E-state index in [0.717, 1.165) is 42.8 Å². The van der Waals surface area contributed by atoms with Crippen molar-refractivity contribution in [1.82, 2.24) is 25.0 Å². The first-order valence-corrected chi connectivity index (χ1v) is 12.9. The Labute approximate surface area is 217 Å². The highest BCUT2D eigenvalue weighted by Crippen LogP contribution is 2.37. The van der Waals surface area contributed by atoms with Gasteiger partial charge in [0.05, 0.1) is 13.2 Å². The molecule has 6 rings (SSSR count). The number of ether oxygens (including phenoxy) is 1. The van der Waals surface area contributed by atoms with Crippen LogP contribution in [-0.4, -0.2) is 45.8 Å². The molecular formula is C30H31N5O2. The topological polar surface area (TPSA) is 72.3 Å². The maximum absolute atomic E-state index is 13.2. The number of fused-ring (bicyclic) bond motifs is 4. The van der Waals surface area contributed by atoms with Gasteiger partial charge in [0.25, 0.3) is 5.91 Å². The number of hydrogen-bond acceptors (Lipinski definition) is 5. The first-order chi connectivity index (χ1) is 18.2. The predicted molar refractivity (Wildman–Crippen MR) is 142 cm³/mol. The van der Waals surface area contributed by atoms with Crippen LogP contribution in [0.25, 0.3) is 11.1 Å². The van der Waals surface area contributed by atoms with Gasteiger partial charge in [-0.1, -0.05) is 48.5 Å². The third-order valence-electron chi connectivity index (χ3n) is 7.38. The molecule has 0 saturated heterocycles. The van der Waals surface area contributed by atoms with E-state index in [9.17, 15) is 4.79 Å². The summed E-state index contributed by atoms with van der Waals surface area (Å²) < 4.78 is 7.25. The van der Waals surface area contributed by atoms with Crippen LogP contribution < -0.4 is 5.32 Å². The summed E-state index contributed by atoms with van der Waals surface area (Å²) in [5, 5.41) is 7.77. The normalized spacial score (nSPS) is 14.2. The minimum Gasteiger partial charge on any atom is -0.383 e. The molecule has 7 heteroatoms. The largest absolute Gasteiger partial charge is 0.383 e. The molecule has 0 atom stereocenters. The van der Waals surface area contributed by atoms with Gasteiger partial charge in [-0.2, -0.15) is 5.10 Å². The Hall–Kier alpha value is -3.81. The van der Waals surface area contributed by atoms with E-state index in [1.54, 1.807) is 19.5 Å². The van der Waals surface area contributed by atoms with Crippen LogP contribution in [0.3, 0.4) is 0 Å². The molecule has 7 nitrogen and oxygen atoms in total. The molecule has 3 heterocycles. The van der Waals surface area contributed by atoms with Crippen LogP contribution in [0.2, 0.25) is 0 Å². The van der Waals surface area contributed by atoms with Crippen molar-refractivity contribution >= 4 is 5.91 Å². The Morgan fingerprint density at radius 1 is 1.05 bits per heavy atom. The van der Waals surface area contributed by atoms with Gasteiger partial charge < -0.3 is 10.1 Å². The van der Waals surface area contributed by atoms with Crippen LogP contribution in [0.5, 0.6) is 0 Å². The number of nitrogens with one attached hydrogen (secondary N) is 1. The molecule has 2 aliphatic rings. The molecule has 1 aliphatic heterocycles. The van der Waals surface area contributed by atoms with Crippen molar-refractivity contribution in [1.29, 1.82) is 0 Å². The summed E-state index contributed by atoms with van der Waals surface area (Å²) in [4.78, 5) is 19.8. The minimum absolute atomic E-state index is 0.145. The van der Waals surface area contributed by atoms with Gasteiger partial charge in [0, 0.05) is 63.4 Å². The molecule has 2 aromatic carbocycles. The van der Waals surface area contributed by atoms with Crippen molar-refractivity contribution in [3.05, 3.63) is 106 Å². The number of carbonyl (C=O) groups is 1. The number of methoxy groups -OCH3 is 1. The second kappa shape index (κ2) is 10.3. The van der Waals surface area contributed by atoms with Crippen LogP contribution in [0.15, 0.2) is 67.0 Å².